The van der Waals surface area contributed by atoms with Crippen molar-refractivity contribution in [3.05, 3.63) is 75.2 Å². The largest absolute Gasteiger partial charge is 0.283 e. The third-order valence-electron chi connectivity index (χ3n) is 3.49. The van der Waals surface area contributed by atoms with E-state index in [0.29, 0.717) is 15.8 Å². The van der Waals surface area contributed by atoms with Gasteiger partial charge in [0.25, 0.3) is 5.56 Å². The summed E-state index contributed by atoms with van der Waals surface area (Å²) in [5, 5.41) is 8.50. The summed E-state index contributed by atoms with van der Waals surface area (Å²) in [7, 11) is 0. The highest BCUT2D eigenvalue weighted by atomic mass is 32.1. The summed E-state index contributed by atoms with van der Waals surface area (Å²) in [5.41, 5.74) is 0.906. The van der Waals surface area contributed by atoms with Gasteiger partial charge in [0.15, 0.2) is 0 Å². The summed E-state index contributed by atoms with van der Waals surface area (Å²) in [6.07, 6.45) is 2.68. The van der Waals surface area contributed by atoms with Crippen LogP contribution in [-0.4, -0.2) is 15.9 Å². The molecule has 118 valence electrons. The Bertz CT molecular complexity index is 1100. The number of benzene rings is 1. The Hall–Kier alpha value is -2.64. The molecule has 0 saturated carbocycles. The van der Waals surface area contributed by atoms with Crippen molar-refractivity contribution in [3.8, 4) is 10.4 Å². The molecule has 0 radical (unpaired) electrons. The first-order valence-electron chi connectivity index (χ1n) is 7.05. The molecule has 0 aliphatic carbocycles. The summed E-state index contributed by atoms with van der Waals surface area (Å²) in [4.78, 5) is 18.7. The van der Waals surface area contributed by atoms with Crippen LogP contribution in [0.2, 0.25) is 0 Å². The molecule has 4 nitrogen and oxygen atoms in total. The number of nitrogens with zero attached hydrogens (tertiary/aromatic N) is 3. The van der Waals surface area contributed by atoms with E-state index in [1.165, 1.54) is 29.9 Å². The van der Waals surface area contributed by atoms with E-state index in [1.807, 2.05) is 22.9 Å². The molecule has 1 aromatic carbocycles. The van der Waals surface area contributed by atoms with Gasteiger partial charge < -0.3 is 0 Å². The van der Waals surface area contributed by atoms with Gasteiger partial charge in [0.1, 0.15) is 17.0 Å². The molecule has 0 saturated heterocycles. The van der Waals surface area contributed by atoms with E-state index >= 15 is 0 Å². The molecule has 0 unspecified atom stereocenters. The fraction of sp³-hybridized carbons (Fsp3) is 0. The quantitative estimate of drug-likeness (QED) is 0.517. The molecule has 0 N–H and O–H groups in total. The molecular formula is C17H10FN3OS2. The van der Waals surface area contributed by atoms with Crippen LogP contribution in [0.1, 0.15) is 5.56 Å². The van der Waals surface area contributed by atoms with Crippen LogP contribution >= 0.6 is 22.7 Å². The van der Waals surface area contributed by atoms with Crippen molar-refractivity contribution >= 4 is 39.1 Å². The van der Waals surface area contributed by atoms with Crippen LogP contribution in [0.4, 0.5) is 4.39 Å². The highest BCUT2D eigenvalue weighted by Crippen LogP contribution is 2.33. The first-order chi connectivity index (χ1) is 11.7. The van der Waals surface area contributed by atoms with Gasteiger partial charge in [0.05, 0.1) is 11.6 Å². The minimum absolute atomic E-state index is 0.266. The minimum atomic E-state index is -0.391. The third kappa shape index (κ3) is 2.57. The van der Waals surface area contributed by atoms with Crippen LogP contribution in [-0.2, 0) is 0 Å². The summed E-state index contributed by atoms with van der Waals surface area (Å²) in [5.74, 6) is -0.391. The number of rotatable bonds is 3. The van der Waals surface area contributed by atoms with Crippen LogP contribution in [0.5, 0.6) is 0 Å². The number of thiophene rings is 2. The molecule has 0 amide bonds. The van der Waals surface area contributed by atoms with Gasteiger partial charge in [-0.25, -0.2) is 9.37 Å². The maximum absolute atomic E-state index is 13.7. The lowest BCUT2D eigenvalue weighted by molar-refractivity contribution is 0.625. The zero-order valence-electron chi connectivity index (χ0n) is 12.2. The normalized spacial score (nSPS) is 11.5. The third-order valence-corrected chi connectivity index (χ3v) is 5.28. The molecule has 0 aliphatic rings. The van der Waals surface area contributed by atoms with E-state index in [2.05, 4.69) is 10.1 Å². The Morgan fingerprint density at radius 2 is 2.04 bits per heavy atom. The molecule has 4 aromatic rings. The number of aromatic nitrogens is 2. The molecule has 3 aromatic heterocycles. The number of fused-ring (bicyclic) bond motifs is 1. The molecule has 0 bridgehead atoms. The molecule has 4 rings (SSSR count). The van der Waals surface area contributed by atoms with Gasteiger partial charge in [-0.3, -0.25) is 4.79 Å². The zero-order valence-corrected chi connectivity index (χ0v) is 13.9. The maximum Gasteiger partial charge on any atom is 0.283 e. The van der Waals surface area contributed by atoms with E-state index in [4.69, 9.17) is 0 Å². The van der Waals surface area contributed by atoms with Crippen LogP contribution in [0, 0.1) is 5.82 Å². The van der Waals surface area contributed by atoms with Crippen molar-refractivity contribution in [3.63, 3.8) is 0 Å². The second kappa shape index (κ2) is 6.10. The summed E-state index contributed by atoms with van der Waals surface area (Å²) < 4.78 is 14.8. The molecule has 7 heteroatoms. The molecule has 0 spiro atoms. The van der Waals surface area contributed by atoms with Crippen molar-refractivity contribution in [2.24, 2.45) is 5.10 Å². The van der Waals surface area contributed by atoms with Crippen molar-refractivity contribution in [1.29, 1.82) is 0 Å². The van der Waals surface area contributed by atoms with Gasteiger partial charge >= 0.3 is 0 Å². The zero-order chi connectivity index (χ0) is 16.5. The second-order valence-corrected chi connectivity index (χ2v) is 6.77. The number of halogens is 1. The van der Waals surface area contributed by atoms with Gasteiger partial charge in [-0.05, 0) is 17.5 Å². The summed E-state index contributed by atoms with van der Waals surface area (Å²) >= 11 is 2.99. The Morgan fingerprint density at radius 1 is 1.17 bits per heavy atom. The SMILES string of the molecule is O=c1c2c(-c3cccs3)csc2ncn1/N=C/c1ccccc1F. The van der Waals surface area contributed by atoms with Crippen LogP contribution < -0.4 is 5.56 Å². The lowest BCUT2D eigenvalue weighted by Gasteiger charge is -2.00. The Kier molecular flexibility index (Phi) is 3.79. The van der Waals surface area contributed by atoms with E-state index in [9.17, 15) is 9.18 Å². The van der Waals surface area contributed by atoms with Gasteiger partial charge in [-0.2, -0.15) is 9.78 Å². The standard InChI is InChI=1S/C17H10FN3OS2/c18-13-5-2-1-4-11(13)8-20-21-10-19-16-15(17(21)22)12(9-24-16)14-6-3-7-23-14/h1-10H/b20-8+. The summed E-state index contributed by atoms with van der Waals surface area (Å²) in [6.45, 7) is 0. The molecule has 24 heavy (non-hydrogen) atoms. The Labute approximate surface area is 144 Å². The van der Waals surface area contributed by atoms with Gasteiger partial charge in [-0.1, -0.05) is 24.3 Å². The highest BCUT2D eigenvalue weighted by Gasteiger charge is 2.13. The van der Waals surface area contributed by atoms with E-state index < -0.39 is 5.82 Å². The molecule has 3 heterocycles. The van der Waals surface area contributed by atoms with Crippen LogP contribution in [0.15, 0.2) is 63.4 Å². The monoisotopic (exact) mass is 355 g/mol. The topological polar surface area (TPSA) is 47.2 Å². The smallest absolute Gasteiger partial charge is 0.267 e. The fourth-order valence-electron chi connectivity index (χ4n) is 2.32. The van der Waals surface area contributed by atoms with Crippen molar-refractivity contribution in [2.75, 3.05) is 0 Å². The summed E-state index contributed by atoms with van der Waals surface area (Å²) in [6, 6.07) is 10.2. The lowest BCUT2D eigenvalue weighted by atomic mass is 10.2. The lowest BCUT2D eigenvalue weighted by Crippen LogP contribution is -2.16. The second-order valence-electron chi connectivity index (χ2n) is 4.97. The van der Waals surface area contributed by atoms with Crippen LogP contribution in [0.25, 0.3) is 20.7 Å². The average molecular weight is 355 g/mol. The van der Waals surface area contributed by atoms with E-state index in [1.54, 1.807) is 29.5 Å². The predicted octanol–water partition coefficient (Wildman–Crippen LogP) is 4.21. The van der Waals surface area contributed by atoms with Crippen molar-refractivity contribution in [2.45, 2.75) is 0 Å². The molecular weight excluding hydrogens is 345 g/mol. The Balaban J connectivity index is 1.83. The molecule has 0 aliphatic heterocycles. The fourth-order valence-corrected chi connectivity index (χ4v) is 4.04. The minimum Gasteiger partial charge on any atom is -0.267 e. The molecule has 0 fully saturated rings. The molecule has 0 atom stereocenters. The van der Waals surface area contributed by atoms with Crippen molar-refractivity contribution in [1.82, 2.24) is 9.66 Å². The Morgan fingerprint density at radius 3 is 2.83 bits per heavy atom. The van der Waals surface area contributed by atoms with Gasteiger partial charge in [0, 0.05) is 21.4 Å². The number of hydrogen-bond acceptors (Lipinski definition) is 5. The van der Waals surface area contributed by atoms with Gasteiger partial charge in [0.2, 0.25) is 0 Å². The highest BCUT2D eigenvalue weighted by molar-refractivity contribution is 7.18. The van der Waals surface area contributed by atoms with Crippen LogP contribution in [0.3, 0.4) is 0 Å². The van der Waals surface area contributed by atoms with E-state index in [0.717, 1.165) is 15.1 Å². The number of hydrogen-bond donors (Lipinski definition) is 0. The van der Waals surface area contributed by atoms with Crippen molar-refractivity contribution < 1.29 is 4.39 Å². The van der Waals surface area contributed by atoms with Gasteiger partial charge in [-0.15, -0.1) is 22.7 Å². The first-order valence-corrected chi connectivity index (χ1v) is 8.81. The van der Waals surface area contributed by atoms with E-state index in [-0.39, 0.29) is 5.56 Å². The maximum atomic E-state index is 13.7. The predicted molar refractivity (Wildman–Crippen MR) is 96.6 cm³/mol. The average Bonchev–Trinajstić information content (AvgIpc) is 3.25. The first kappa shape index (κ1) is 14.9.